The van der Waals surface area contributed by atoms with Gasteiger partial charge in [-0.25, -0.2) is 0 Å². The molecule has 50 valence electrons. The van der Waals surface area contributed by atoms with Gasteiger partial charge in [0.2, 0.25) is 5.91 Å². The normalized spacial score (nSPS) is 8.78. The summed E-state index contributed by atoms with van der Waals surface area (Å²) in [5, 5.41) is 0. The first-order valence-electron chi connectivity index (χ1n) is 3.01. The van der Waals surface area contributed by atoms with Crippen molar-refractivity contribution in [2.24, 2.45) is 11.7 Å². The Balaban J connectivity index is -0.000000245. The van der Waals surface area contributed by atoms with Crippen LogP contribution in [0.4, 0.5) is 0 Å². The van der Waals surface area contributed by atoms with Gasteiger partial charge in [0.25, 0.3) is 0 Å². The number of nitrogens with two attached hydrogens (primary N) is 1. The zero-order valence-corrected chi connectivity index (χ0v) is 6.48. The van der Waals surface area contributed by atoms with Crippen LogP contribution in [0.5, 0.6) is 0 Å². The van der Waals surface area contributed by atoms with Crippen molar-refractivity contribution >= 4 is 5.91 Å². The molecule has 2 nitrogen and oxygen atoms in total. The zero-order chi connectivity index (χ0) is 6.57. The van der Waals surface area contributed by atoms with E-state index in [1.807, 2.05) is 13.8 Å². The van der Waals surface area contributed by atoms with Crippen LogP contribution in [0.3, 0.4) is 0 Å². The van der Waals surface area contributed by atoms with Crippen molar-refractivity contribution in [3.05, 3.63) is 0 Å². The third-order valence-electron chi connectivity index (χ3n) is 1.39. The molecule has 0 aromatic rings. The molecule has 1 amide bonds. The van der Waals surface area contributed by atoms with Crippen molar-refractivity contribution in [2.45, 2.75) is 26.7 Å². The van der Waals surface area contributed by atoms with Gasteiger partial charge < -0.3 is 7.16 Å². The molecule has 0 atom stereocenters. The van der Waals surface area contributed by atoms with E-state index in [9.17, 15) is 4.79 Å². The molecule has 0 rings (SSSR count). The van der Waals surface area contributed by atoms with Gasteiger partial charge in [0.15, 0.2) is 0 Å². The van der Waals surface area contributed by atoms with Crippen molar-refractivity contribution in [3.63, 3.8) is 0 Å². The molecule has 0 saturated heterocycles. The molecule has 0 spiro atoms. The minimum atomic E-state index is -0.171. The van der Waals surface area contributed by atoms with Crippen molar-refractivity contribution in [3.8, 4) is 0 Å². The summed E-state index contributed by atoms with van der Waals surface area (Å²) in [5.74, 6) is -0.0787. The van der Waals surface area contributed by atoms with Crippen LogP contribution in [0.1, 0.15) is 28.1 Å². The molecule has 0 aliphatic carbocycles. The van der Waals surface area contributed by atoms with E-state index < -0.39 is 0 Å². The zero-order valence-electron chi connectivity index (χ0n) is 7.48. The summed E-state index contributed by atoms with van der Waals surface area (Å²) in [5.41, 5.74) is 5.02. The van der Waals surface area contributed by atoms with Crippen molar-refractivity contribution in [2.75, 3.05) is 0 Å². The minimum absolute atomic E-state index is 0. The first-order chi connectivity index (χ1) is 3.72. The standard InChI is InChI=1S/C6H13NO.Li.H/c1-3-5(4-2)6(7)8;;/h5H,3-4H2,1-2H3,(H2,7,8);;/q;+1;-1. The first kappa shape index (κ1) is 11.8. The van der Waals surface area contributed by atoms with Gasteiger partial charge in [-0.15, -0.1) is 0 Å². The molecule has 0 heterocycles. The number of primary amides is 1. The number of hydrogen-bond acceptors (Lipinski definition) is 1. The number of rotatable bonds is 3. The van der Waals surface area contributed by atoms with Crippen LogP contribution in [0.25, 0.3) is 0 Å². The number of carbonyl (C=O) groups is 1. The Morgan fingerprint density at radius 1 is 1.56 bits per heavy atom. The van der Waals surface area contributed by atoms with Gasteiger partial charge in [0.05, 0.1) is 0 Å². The fraction of sp³-hybridized carbons (Fsp3) is 0.833. The van der Waals surface area contributed by atoms with E-state index in [1.54, 1.807) is 0 Å². The molecule has 0 bridgehead atoms. The topological polar surface area (TPSA) is 43.1 Å². The third kappa shape index (κ3) is 4.56. The Morgan fingerprint density at radius 3 is 1.89 bits per heavy atom. The Kier molecular flexibility index (Phi) is 8.13. The van der Waals surface area contributed by atoms with Gasteiger partial charge in [0, 0.05) is 5.92 Å². The molecule has 3 heteroatoms. The fourth-order valence-electron chi connectivity index (χ4n) is 0.691. The van der Waals surface area contributed by atoms with Crippen LogP contribution in [0.2, 0.25) is 0 Å². The molecule has 0 aliphatic heterocycles. The van der Waals surface area contributed by atoms with Crippen LogP contribution >= 0.6 is 0 Å². The van der Waals surface area contributed by atoms with Crippen LogP contribution in [0, 0.1) is 5.92 Å². The summed E-state index contributed by atoms with van der Waals surface area (Å²) in [6.07, 6.45) is 1.73. The quantitative estimate of drug-likeness (QED) is 0.434. The van der Waals surface area contributed by atoms with Gasteiger partial charge >= 0.3 is 18.9 Å². The predicted octanol–water partition coefficient (Wildman–Crippen LogP) is -1.98. The molecular formula is C6H14LiNO. The largest absolute Gasteiger partial charge is 1.00 e. The fourth-order valence-corrected chi connectivity index (χ4v) is 0.691. The van der Waals surface area contributed by atoms with Gasteiger partial charge in [-0.3, -0.25) is 4.79 Å². The molecule has 0 fully saturated rings. The van der Waals surface area contributed by atoms with Gasteiger partial charge in [-0.05, 0) is 12.8 Å². The molecule has 2 N–H and O–H groups in total. The summed E-state index contributed by atoms with van der Waals surface area (Å²) >= 11 is 0. The Hall–Kier alpha value is 0.0674. The van der Waals surface area contributed by atoms with Crippen molar-refractivity contribution < 1.29 is 25.1 Å². The van der Waals surface area contributed by atoms with Crippen LogP contribution in [-0.2, 0) is 4.79 Å². The number of hydrogen-bond donors (Lipinski definition) is 1. The molecule has 0 aliphatic rings. The second-order valence-electron chi connectivity index (χ2n) is 1.92. The van der Waals surface area contributed by atoms with Crippen LogP contribution in [-0.4, -0.2) is 5.91 Å². The van der Waals surface area contributed by atoms with Gasteiger partial charge in [-0.2, -0.15) is 0 Å². The summed E-state index contributed by atoms with van der Waals surface area (Å²) in [6, 6.07) is 0. The third-order valence-corrected chi connectivity index (χ3v) is 1.39. The van der Waals surface area contributed by atoms with Crippen molar-refractivity contribution in [1.82, 2.24) is 0 Å². The van der Waals surface area contributed by atoms with Crippen LogP contribution in [0.15, 0.2) is 0 Å². The second-order valence-corrected chi connectivity index (χ2v) is 1.92. The molecule has 9 heavy (non-hydrogen) atoms. The summed E-state index contributed by atoms with van der Waals surface area (Å²) in [6.45, 7) is 3.94. The maximum Gasteiger partial charge on any atom is 1.00 e. The number of carbonyl (C=O) groups excluding carboxylic acids is 1. The van der Waals surface area contributed by atoms with Crippen LogP contribution < -0.4 is 24.6 Å². The molecule has 0 unspecified atom stereocenters. The first-order valence-corrected chi connectivity index (χ1v) is 3.01. The van der Waals surface area contributed by atoms with E-state index in [1.165, 1.54) is 0 Å². The van der Waals surface area contributed by atoms with E-state index in [0.717, 1.165) is 12.8 Å². The molecule has 0 aromatic carbocycles. The number of amides is 1. The Labute approximate surface area is 69.8 Å². The Morgan fingerprint density at radius 2 is 1.89 bits per heavy atom. The summed E-state index contributed by atoms with van der Waals surface area (Å²) in [7, 11) is 0. The van der Waals surface area contributed by atoms with E-state index in [0.29, 0.717) is 0 Å². The maximum absolute atomic E-state index is 10.4. The predicted molar refractivity (Wildman–Crippen MR) is 34.4 cm³/mol. The molecular weight excluding hydrogens is 109 g/mol. The van der Waals surface area contributed by atoms with E-state index in [-0.39, 0.29) is 32.1 Å². The van der Waals surface area contributed by atoms with Gasteiger partial charge in [-0.1, -0.05) is 13.8 Å². The Bertz CT molecular complexity index is 85.8. The molecule has 0 aromatic heterocycles. The summed E-state index contributed by atoms with van der Waals surface area (Å²) in [4.78, 5) is 10.4. The average molecular weight is 123 g/mol. The molecule has 0 radical (unpaired) electrons. The van der Waals surface area contributed by atoms with Crippen molar-refractivity contribution in [1.29, 1.82) is 0 Å². The second kappa shape index (κ2) is 6.19. The molecule has 0 saturated carbocycles. The monoisotopic (exact) mass is 123 g/mol. The van der Waals surface area contributed by atoms with E-state index in [2.05, 4.69) is 0 Å². The van der Waals surface area contributed by atoms with Gasteiger partial charge in [0.1, 0.15) is 0 Å². The minimum Gasteiger partial charge on any atom is -1.00 e. The average Bonchev–Trinajstić information content (AvgIpc) is 1.69. The summed E-state index contributed by atoms with van der Waals surface area (Å²) < 4.78 is 0. The van der Waals surface area contributed by atoms with E-state index >= 15 is 0 Å². The van der Waals surface area contributed by atoms with E-state index in [4.69, 9.17) is 5.73 Å². The smallest absolute Gasteiger partial charge is 1.00 e. The maximum atomic E-state index is 10.4. The SMILES string of the molecule is CCC(CC)C(N)=O.[H-].[Li+].